The first-order chi connectivity index (χ1) is 21.8. The van der Waals surface area contributed by atoms with Gasteiger partial charge in [-0.25, -0.2) is 13.4 Å². The van der Waals surface area contributed by atoms with Crippen LogP contribution in [0.4, 0.5) is 11.8 Å². The summed E-state index contributed by atoms with van der Waals surface area (Å²) in [5, 5.41) is 9.10. The van der Waals surface area contributed by atoms with E-state index in [1.165, 1.54) is 0 Å². The Morgan fingerprint density at radius 2 is 1.44 bits per heavy atom. The smallest absolute Gasteiger partial charge is 0.241 e. The number of amides is 1. The largest absolute Gasteiger partial charge is 0.362 e. The Kier molecular flexibility index (Phi) is 8.95. The molecule has 0 bridgehead atoms. The first-order valence-corrected chi connectivity index (χ1v) is 16.8. The summed E-state index contributed by atoms with van der Waals surface area (Å²) in [4.78, 5) is 25.4. The van der Waals surface area contributed by atoms with Crippen molar-refractivity contribution in [3.63, 3.8) is 0 Å². The third kappa shape index (κ3) is 7.08. The van der Waals surface area contributed by atoms with Crippen molar-refractivity contribution < 1.29 is 13.2 Å². The van der Waals surface area contributed by atoms with Crippen molar-refractivity contribution in [2.24, 2.45) is 0 Å². The van der Waals surface area contributed by atoms with E-state index in [1.54, 1.807) is 18.2 Å². The SMILES string of the molecule is CN(C)c1nc(NC2CCC(NC(=O)[C@H](Cc3ccccc3)NS(=O)(=O)c3cccc4ccccc34)CC2)nc2ccccc12. The molecule has 3 N–H and O–H groups in total. The normalized spacial score (nSPS) is 17.6. The molecule has 1 aliphatic carbocycles. The number of carbonyl (C=O) groups is 1. The summed E-state index contributed by atoms with van der Waals surface area (Å²) >= 11 is 0. The molecule has 4 aromatic carbocycles. The molecule has 0 aliphatic heterocycles. The molecule has 45 heavy (non-hydrogen) atoms. The Balaban J connectivity index is 1.14. The second-order valence-corrected chi connectivity index (χ2v) is 13.5. The fraction of sp³-hybridized carbons (Fsp3) is 0.286. The molecule has 1 saturated carbocycles. The molecule has 0 spiro atoms. The summed E-state index contributed by atoms with van der Waals surface area (Å²) in [7, 11) is -0.0553. The van der Waals surface area contributed by atoms with Crippen LogP contribution in [-0.2, 0) is 21.2 Å². The molecule has 0 radical (unpaired) electrons. The fourth-order valence-electron chi connectivity index (χ4n) is 6.05. The molecule has 0 saturated heterocycles. The average molecular weight is 623 g/mol. The summed E-state index contributed by atoms with van der Waals surface area (Å²) in [5.74, 6) is 1.13. The lowest BCUT2D eigenvalue weighted by Gasteiger charge is -2.31. The van der Waals surface area contributed by atoms with Crippen molar-refractivity contribution in [2.75, 3.05) is 24.3 Å². The van der Waals surface area contributed by atoms with Gasteiger partial charge in [0.2, 0.25) is 21.9 Å². The van der Waals surface area contributed by atoms with Gasteiger partial charge in [0.25, 0.3) is 0 Å². The number of para-hydroxylation sites is 1. The maximum atomic E-state index is 13.7. The third-order valence-corrected chi connectivity index (χ3v) is 9.88. The van der Waals surface area contributed by atoms with Crippen LogP contribution < -0.4 is 20.3 Å². The minimum absolute atomic E-state index is 0.0641. The maximum Gasteiger partial charge on any atom is 0.241 e. The minimum Gasteiger partial charge on any atom is -0.362 e. The molecular formula is C35H38N6O3S. The second kappa shape index (κ2) is 13.2. The van der Waals surface area contributed by atoms with Crippen molar-refractivity contribution in [1.29, 1.82) is 0 Å². The zero-order chi connectivity index (χ0) is 31.4. The molecule has 1 aromatic heterocycles. The van der Waals surface area contributed by atoms with E-state index < -0.39 is 16.1 Å². The highest BCUT2D eigenvalue weighted by Gasteiger charge is 2.30. The number of benzene rings is 4. The lowest BCUT2D eigenvalue weighted by molar-refractivity contribution is -0.123. The van der Waals surface area contributed by atoms with E-state index in [4.69, 9.17) is 9.97 Å². The first-order valence-electron chi connectivity index (χ1n) is 15.3. The second-order valence-electron chi connectivity index (χ2n) is 11.8. The van der Waals surface area contributed by atoms with Gasteiger partial charge in [-0.05, 0) is 61.3 Å². The molecule has 1 amide bonds. The molecule has 5 aromatic rings. The molecular weight excluding hydrogens is 584 g/mol. The van der Waals surface area contributed by atoms with E-state index >= 15 is 0 Å². The number of anilines is 2. The van der Waals surface area contributed by atoms with Gasteiger partial charge < -0.3 is 15.5 Å². The van der Waals surface area contributed by atoms with Crippen molar-refractivity contribution in [3.8, 4) is 0 Å². The van der Waals surface area contributed by atoms with Crippen LogP contribution in [0.25, 0.3) is 21.7 Å². The van der Waals surface area contributed by atoms with Gasteiger partial charge in [-0.3, -0.25) is 4.79 Å². The van der Waals surface area contributed by atoms with Crippen LogP contribution in [0, 0.1) is 0 Å². The predicted octanol–water partition coefficient (Wildman–Crippen LogP) is 5.28. The highest BCUT2D eigenvalue weighted by Crippen LogP contribution is 2.27. The summed E-state index contributed by atoms with van der Waals surface area (Å²) < 4.78 is 30.1. The molecule has 9 nitrogen and oxygen atoms in total. The number of hydrogen-bond acceptors (Lipinski definition) is 7. The predicted molar refractivity (Wildman–Crippen MR) is 180 cm³/mol. The molecule has 6 rings (SSSR count). The van der Waals surface area contributed by atoms with Crippen molar-refractivity contribution in [3.05, 3.63) is 103 Å². The molecule has 10 heteroatoms. The van der Waals surface area contributed by atoms with Gasteiger partial charge in [-0.2, -0.15) is 9.71 Å². The zero-order valence-corrected chi connectivity index (χ0v) is 26.3. The van der Waals surface area contributed by atoms with Crippen molar-refractivity contribution >= 4 is 49.4 Å². The third-order valence-electron chi connectivity index (χ3n) is 8.35. The van der Waals surface area contributed by atoms with Crippen LogP contribution in [0.2, 0.25) is 0 Å². The van der Waals surface area contributed by atoms with Crippen LogP contribution in [0.1, 0.15) is 31.2 Å². The minimum atomic E-state index is -4.00. The standard InChI is InChI=1S/C35H38N6O3S/c1-41(2)33-29-16-8-9-17-30(29)38-35(39-33)37-27-21-19-26(20-22-27)36-34(42)31(23-24-11-4-3-5-12-24)40-45(43,44)32-18-10-14-25-13-6-7-15-28(25)32/h3-18,26-27,31,40H,19-23H2,1-2H3,(H,36,42)(H,37,38,39)/t26?,27?,31-/m0/s1. The number of nitrogens with zero attached hydrogens (tertiary/aromatic N) is 3. The van der Waals surface area contributed by atoms with E-state index in [-0.39, 0.29) is 29.3 Å². The Bertz CT molecular complexity index is 1900. The van der Waals surface area contributed by atoms with Crippen LogP contribution in [0.5, 0.6) is 0 Å². The van der Waals surface area contributed by atoms with Gasteiger partial charge in [-0.15, -0.1) is 0 Å². The van der Waals surface area contributed by atoms with Gasteiger partial charge in [0, 0.05) is 37.0 Å². The molecule has 1 aliphatic rings. The van der Waals surface area contributed by atoms with E-state index in [0.717, 1.165) is 53.4 Å². The Morgan fingerprint density at radius 3 is 2.20 bits per heavy atom. The molecule has 232 valence electrons. The lowest BCUT2D eigenvalue weighted by atomic mass is 9.91. The monoisotopic (exact) mass is 622 g/mol. The number of hydrogen-bond donors (Lipinski definition) is 3. The van der Waals surface area contributed by atoms with Crippen molar-refractivity contribution in [1.82, 2.24) is 20.0 Å². The number of rotatable bonds is 10. The molecule has 1 fully saturated rings. The number of carbonyl (C=O) groups excluding carboxylic acids is 1. The van der Waals surface area contributed by atoms with E-state index in [2.05, 4.69) is 15.4 Å². The summed E-state index contributed by atoms with van der Waals surface area (Å²) in [6.07, 6.45) is 3.39. The van der Waals surface area contributed by atoms with Crippen LogP contribution in [0.15, 0.2) is 102 Å². The first kappa shape index (κ1) is 30.5. The molecule has 0 unspecified atom stereocenters. The lowest BCUT2D eigenvalue weighted by Crippen LogP contribution is -2.51. The molecule has 1 heterocycles. The quantitative estimate of drug-likeness (QED) is 0.194. The Labute approximate surface area is 264 Å². The maximum absolute atomic E-state index is 13.7. The van der Waals surface area contributed by atoms with Crippen LogP contribution >= 0.6 is 0 Å². The highest BCUT2D eigenvalue weighted by molar-refractivity contribution is 7.89. The fourth-order valence-corrected chi connectivity index (χ4v) is 7.48. The molecule has 1 atom stereocenters. The van der Waals surface area contributed by atoms with Crippen LogP contribution in [0.3, 0.4) is 0 Å². The van der Waals surface area contributed by atoms with E-state index in [0.29, 0.717) is 11.3 Å². The summed E-state index contributed by atoms with van der Waals surface area (Å²) in [5.41, 5.74) is 1.76. The van der Waals surface area contributed by atoms with Gasteiger partial charge >= 0.3 is 0 Å². The van der Waals surface area contributed by atoms with Gasteiger partial charge in [0.05, 0.1) is 10.4 Å². The zero-order valence-electron chi connectivity index (χ0n) is 25.5. The van der Waals surface area contributed by atoms with Gasteiger partial charge in [-0.1, -0.05) is 78.9 Å². The van der Waals surface area contributed by atoms with Gasteiger partial charge in [0.15, 0.2) is 0 Å². The number of fused-ring (bicyclic) bond motifs is 2. The Hall–Kier alpha value is -4.54. The average Bonchev–Trinajstić information content (AvgIpc) is 3.05. The Morgan fingerprint density at radius 1 is 0.800 bits per heavy atom. The number of sulfonamides is 1. The summed E-state index contributed by atoms with van der Waals surface area (Å²) in [6.45, 7) is 0. The van der Waals surface area contributed by atoms with E-state index in [1.807, 2.05) is 97.9 Å². The van der Waals surface area contributed by atoms with Crippen molar-refractivity contribution in [2.45, 2.75) is 55.1 Å². The highest BCUT2D eigenvalue weighted by atomic mass is 32.2. The number of nitrogens with one attached hydrogen (secondary N) is 3. The van der Waals surface area contributed by atoms with E-state index in [9.17, 15) is 13.2 Å². The summed E-state index contributed by atoms with van der Waals surface area (Å²) in [6, 6.07) is 29.1. The topological polar surface area (TPSA) is 116 Å². The van der Waals surface area contributed by atoms with Crippen LogP contribution in [-0.4, -0.2) is 56.5 Å². The van der Waals surface area contributed by atoms with Gasteiger partial charge in [0.1, 0.15) is 11.9 Å². The number of aromatic nitrogens is 2.